The zero-order valence-electron chi connectivity index (χ0n) is 19.9. The summed E-state index contributed by atoms with van der Waals surface area (Å²) in [4.78, 5) is 33.3. The van der Waals surface area contributed by atoms with Crippen molar-refractivity contribution in [1.82, 2.24) is 14.8 Å². The maximum atomic E-state index is 13.2. The third kappa shape index (κ3) is 5.04. The zero-order chi connectivity index (χ0) is 23.2. The van der Waals surface area contributed by atoms with Crippen molar-refractivity contribution in [2.75, 3.05) is 19.6 Å². The average molecular weight is 431 g/mol. The Kier molecular flexibility index (Phi) is 6.14. The molecule has 3 heterocycles. The molecule has 31 heavy (non-hydrogen) atoms. The number of piperazine rings is 1. The van der Waals surface area contributed by atoms with E-state index in [1.165, 1.54) is 0 Å². The normalized spacial score (nSPS) is 23.1. The minimum absolute atomic E-state index is 0.123. The minimum atomic E-state index is -0.577. The fourth-order valence-corrected chi connectivity index (χ4v) is 3.60. The number of aromatic nitrogens is 1. The van der Waals surface area contributed by atoms with Gasteiger partial charge in [0.1, 0.15) is 5.60 Å². The van der Waals surface area contributed by atoms with Gasteiger partial charge in [0.05, 0.1) is 16.8 Å². The topological polar surface area (TPSA) is 81.2 Å². The smallest absolute Gasteiger partial charge is 0.444 e. The summed E-state index contributed by atoms with van der Waals surface area (Å²) < 4.78 is 17.6. The molecule has 2 amide bonds. The minimum Gasteiger partial charge on any atom is -0.444 e. The Hall–Kier alpha value is -2.13. The van der Waals surface area contributed by atoms with Crippen molar-refractivity contribution >= 4 is 24.6 Å². The van der Waals surface area contributed by atoms with Gasteiger partial charge in [-0.25, -0.2) is 4.79 Å². The van der Waals surface area contributed by atoms with Crippen LogP contribution in [0.25, 0.3) is 0 Å². The predicted molar refractivity (Wildman–Crippen MR) is 118 cm³/mol. The number of hydrogen-bond acceptors (Lipinski definition) is 6. The highest BCUT2D eigenvalue weighted by atomic mass is 16.7. The van der Waals surface area contributed by atoms with Crippen LogP contribution >= 0.6 is 0 Å². The molecule has 2 aliphatic rings. The molecule has 0 aromatic carbocycles. The van der Waals surface area contributed by atoms with Crippen molar-refractivity contribution < 1.29 is 23.6 Å². The summed E-state index contributed by atoms with van der Waals surface area (Å²) in [5, 5.41) is 0. The van der Waals surface area contributed by atoms with Crippen LogP contribution in [0.2, 0.25) is 0 Å². The number of carbonyl (C=O) groups excluding carboxylic acids is 2. The molecule has 2 fully saturated rings. The Labute approximate surface area is 185 Å². The van der Waals surface area contributed by atoms with Gasteiger partial charge in [-0.15, -0.1) is 0 Å². The van der Waals surface area contributed by atoms with Crippen molar-refractivity contribution in [1.29, 1.82) is 0 Å². The van der Waals surface area contributed by atoms with Crippen molar-refractivity contribution in [3.05, 3.63) is 24.0 Å². The lowest BCUT2D eigenvalue weighted by molar-refractivity contribution is 0.00578. The summed E-state index contributed by atoms with van der Waals surface area (Å²) in [6, 6.07) is 1.64. The number of rotatable bonds is 2. The predicted octanol–water partition coefficient (Wildman–Crippen LogP) is 2.46. The Bertz CT molecular complexity index is 836. The van der Waals surface area contributed by atoms with Gasteiger partial charge in [-0.3, -0.25) is 9.78 Å². The molecule has 0 radical (unpaired) electrons. The van der Waals surface area contributed by atoms with E-state index in [1.807, 2.05) is 55.4 Å². The van der Waals surface area contributed by atoms with E-state index in [0.717, 1.165) is 0 Å². The molecule has 0 saturated carbocycles. The van der Waals surface area contributed by atoms with E-state index in [2.05, 4.69) is 4.98 Å². The van der Waals surface area contributed by atoms with Gasteiger partial charge in [0.15, 0.2) is 0 Å². The van der Waals surface area contributed by atoms with E-state index in [-0.39, 0.29) is 18.0 Å². The third-order valence-electron chi connectivity index (χ3n) is 6.07. The van der Waals surface area contributed by atoms with E-state index < -0.39 is 23.9 Å². The second-order valence-corrected chi connectivity index (χ2v) is 10.4. The molecule has 0 unspecified atom stereocenters. The van der Waals surface area contributed by atoms with Crippen LogP contribution < -0.4 is 5.46 Å². The lowest BCUT2D eigenvalue weighted by atomic mass is 9.79. The van der Waals surface area contributed by atoms with Gasteiger partial charge in [0.25, 0.3) is 5.91 Å². The van der Waals surface area contributed by atoms with Crippen molar-refractivity contribution in [3.8, 4) is 0 Å². The Balaban J connectivity index is 1.69. The lowest BCUT2D eigenvalue weighted by Crippen LogP contribution is -2.56. The highest BCUT2D eigenvalue weighted by Crippen LogP contribution is 2.36. The molecule has 0 bridgehead atoms. The largest absolute Gasteiger partial charge is 0.496 e. The van der Waals surface area contributed by atoms with Gasteiger partial charge >= 0.3 is 13.2 Å². The number of hydrogen-bond donors (Lipinski definition) is 0. The van der Waals surface area contributed by atoms with E-state index in [1.54, 1.807) is 28.3 Å². The van der Waals surface area contributed by atoms with Crippen LogP contribution in [0, 0.1) is 0 Å². The maximum absolute atomic E-state index is 13.2. The fourth-order valence-electron chi connectivity index (χ4n) is 3.60. The first-order valence-corrected chi connectivity index (χ1v) is 10.8. The van der Waals surface area contributed by atoms with E-state index in [4.69, 9.17) is 14.0 Å². The molecular weight excluding hydrogens is 397 g/mol. The van der Waals surface area contributed by atoms with E-state index >= 15 is 0 Å². The van der Waals surface area contributed by atoms with Gasteiger partial charge in [0, 0.05) is 43.5 Å². The number of amides is 2. The SMILES string of the molecule is C[C@H]1CN(C(=O)OC(C)(C)C)CCN1C(=O)c1cncc(B2OC(C)(C)C(C)(C)O2)c1. The standard InChI is InChI=1S/C22H34BN3O5/c1-15-14-25(19(28)29-20(2,3)4)9-10-26(15)18(27)16-11-17(13-24-12-16)23-30-21(5,6)22(7,8)31-23/h11-13,15H,9-10,14H2,1-8H3/t15-/m0/s1. The highest BCUT2D eigenvalue weighted by molar-refractivity contribution is 6.62. The van der Waals surface area contributed by atoms with Crippen molar-refractivity contribution in [2.45, 2.75) is 78.2 Å². The highest BCUT2D eigenvalue weighted by Gasteiger charge is 2.52. The van der Waals surface area contributed by atoms with E-state index in [9.17, 15) is 9.59 Å². The first-order chi connectivity index (χ1) is 14.2. The summed E-state index contributed by atoms with van der Waals surface area (Å²) in [7, 11) is -0.577. The molecule has 1 aromatic heterocycles. The van der Waals surface area contributed by atoms with Crippen LogP contribution in [0.3, 0.4) is 0 Å². The second-order valence-electron chi connectivity index (χ2n) is 10.4. The average Bonchev–Trinajstić information content (AvgIpc) is 2.87. The molecule has 9 heteroatoms. The molecule has 3 rings (SSSR count). The van der Waals surface area contributed by atoms with Crippen molar-refractivity contribution in [2.24, 2.45) is 0 Å². The molecule has 2 aliphatic heterocycles. The quantitative estimate of drug-likeness (QED) is 0.670. The van der Waals surface area contributed by atoms with Crippen LogP contribution in [0.4, 0.5) is 4.79 Å². The lowest BCUT2D eigenvalue weighted by Gasteiger charge is -2.40. The van der Waals surface area contributed by atoms with E-state index in [0.29, 0.717) is 30.7 Å². The van der Waals surface area contributed by atoms with Crippen LogP contribution in [0.15, 0.2) is 18.5 Å². The molecule has 1 aromatic rings. The molecule has 0 N–H and O–H groups in total. The molecule has 1 atom stereocenters. The van der Waals surface area contributed by atoms with Gasteiger partial charge in [-0.05, 0) is 61.5 Å². The first-order valence-electron chi connectivity index (χ1n) is 10.8. The summed E-state index contributed by atoms with van der Waals surface area (Å²) in [6.07, 6.45) is 2.88. The molecule has 2 saturated heterocycles. The fraction of sp³-hybridized carbons (Fsp3) is 0.682. The molecule has 170 valence electrons. The van der Waals surface area contributed by atoms with Crippen LogP contribution in [-0.2, 0) is 14.0 Å². The third-order valence-corrected chi connectivity index (χ3v) is 6.07. The maximum Gasteiger partial charge on any atom is 0.496 e. The monoisotopic (exact) mass is 431 g/mol. The number of pyridine rings is 1. The molecule has 0 aliphatic carbocycles. The zero-order valence-corrected chi connectivity index (χ0v) is 19.9. The first kappa shape index (κ1) is 23.5. The van der Waals surface area contributed by atoms with Crippen LogP contribution in [0.5, 0.6) is 0 Å². The van der Waals surface area contributed by atoms with Gasteiger partial charge < -0.3 is 23.8 Å². The summed E-state index contributed by atoms with van der Waals surface area (Å²) in [5.74, 6) is -0.123. The molecule has 8 nitrogen and oxygen atoms in total. The van der Waals surface area contributed by atoms with Crippen molar-refractivity contribution in [3.63, 3.8) is 0 Å². The number of nitrogens with zero attached hydrogens (tertiary/aromatic N) is 3. The Morgan fingerprint density at radius 1 is 1.13 bits per heavy atom. The summed E-state index contributed by atoms with van der Waals surface area (Å²) >= 11 is 0. The Morgan fingerprint density at radius 3 is 2.29 bits per heavy atom. The molecular formula is C22H34BN3O5. The van der Waals surface area contributed by atoms with Gasteiger partial charge in [-0.2, -0.15) is 0 Å². The summed E-state index contributed by atoms with van der Waals surface area (Å²) in [5.41, 5.74) is -0.296. The Morgan fingerprint density at radius 2 is 1.74 bits per heavy atom. The number of ether oxygens (including phenoxy) is 1. The van der Waals surface area contributed by atoms with Crippen LogP contribution in [-0.4, -0.2) is 76.4 Å². The number of carbonyl (C=O) groups is 2. The summed E-state index contributed by atoms with van der Waals surface area (Å²) in [6.45, 7) is 16.7. The van der Waals surface area contributed by atoms with Gasteiger partial charge in [-0.1, -0.05) is 0 Å². The van der Waals surface area contributed by atoms with Crippen LogP contribution in [0.1, 0.15) is 65.7 Å². The van der Waals surface area contributed by atoms with Gasteiger partial charge in [0.2, 0.25) is 0 Å². The molecule has 0 spiro atoms. The second kappa shape index (κ2) is 8.09.